The molecule has 2 saturated heterocycles. The van der Waals surface area contributed by atoms with E-state index in [1.807, 2.05) is 71.6 Å². The molecule has 2 aliphatic heterocycles. The molecule has 0 bridgehead atoms. The van der Waals surface area contributed by atoms with Gasteiger partial charge in [-0.1, -0.05) is 72.8 Å². The van der Waals surface area contributed by atoms with E-state index < -0.39 is 16.1 Å². The average Bonchev–Trinajstić information content (AvgIpc) is 3.05. The second kappa shape index (κ2) is 12.8. The predicted molar refractivity (Wildman–Crippen MR) is 171 cm³/mol. The molecule has 44 heavy (non-hydrogen) atoms. The molecule has 2 aliphatic rings. The molecule has 2 heterocycles. The highest BCUT2D eigenvalue weighted by Gasteiger charge is 2.43. The molecule has 4 aromatic rings. The second-order valence-electron chi connectivity index (χ2n) is 12.0. The summed E-state index contributed by atoms with van der Waals surface area (Å²) in [6.45, 7) is 4.83. The smallest absolute Gasteiger partial charge is 0.241 e. The summed E-state index contributed by atoms with van der Waals surface area (Å²) >= 11 is 0. The molecule has 0 radical (unpaired) electrons. The second-order valence-corrected chi connectivity index (χ2v) is 13.7. The number of piperidine rings is 1. The van der Waals surface area contributed by atoms with Gasteiger partial charge in [-0.25, -0.2) is 17.5 Å². The van der Waals surface area contributed by atoms with Crippen LogP contribution >= 0.6 is 0 Å². The van der Waals surface area contributed by atoms with Crippen LogP contribution in [0.3, 0.4) is 0 Å². The first-order valence-corrected chi connectivity index (χ1v) is 16.8. The van der Waals surface area contributed by atoms with E-state index >= 15 is 0 Å². The number of benzene rings is 4. The number of sulfonamides is 1. The third-order valence-electron chi connectivity index (χ3n) is 9.34. The van der Waals surface area contributed by atoms with Crippen LogP contribution in [0, 0.1) is 5.82 Å². The molecule has 0 spiro atoms. The minimum atomic E-state index is -3.91. The summed E-state index contributed by atoms with van der Waals surface area (Å²) in [6, 6.07) is 28.1. The molecule has 230 valence electrons. The number of nitrogens with one attached hydrogen (secondary N) is 1. The number of piperazine rings is 1. The molecule has 7 nitrogen and oxygen atoms in total. The van der Waals surface area contributed by atoms with E-state index in [2.05, 4.69) is 21.6 Å². The van der Waals surface area contributed by atoms with Gasteiger partial charge in [-0.3, -0.25) is 9.69 Å². The van der Waals surface area contributed by atoms with Gasteiger partial charge in [0.2, 0.25) is 15.9 Å². The maximum absolute atomic E-state index is 13.9. The lowest BCUT2D eigenvalue weighted by Crippen LogP contribution is -2.59. The first kappa shape index (κ1) is 30.4. The van der Waals surface area contributed by atoms with Crippen molar-refractivity contribution in [3.8, 4) is 0 Å². The number of fused-ring (bicyclic) bond motifs is 1. The molecule has 1 atom stereocenters. The van der Waals surface area contributed by atoms with E-state index in [1.54, 1.807) is 18.2 Å². The standard InChI is InChI=1S/C35H39FN4O3S/c1-38-21-23-40(24-22-38)35(30-12-14-31(36)15-13-30)17-19-39(20-18-35)34(41)26-33(28-8-3-2-4-9-28)37-44(42,43)32-16-11-27-7-5-6-10-29(27)25-32/h2-16,25,33,37H,17-24,26H2,1H3. The Morgan fingerprint density at radius 1 is 0.818 bits per heavy atom. The summed E-state index contributed by atoms with van der Waals surface area (Å²) in [6.07, 6.45) is 1.47. The number of amides is 1. The molecule has 2 fully saturated rings. The van der Waals surface area contributed by atoms with Crippen LogP contribution in [-0.4, -0.2) is 75.3 Å². The fourth-order valence-corrected chi connectivity index (χ4v) is 7.97. The third kappa shape index (κ3) is 6.42. The number of carbonyl (C=O) groups excluding carboxylic acids is 1. The van der Waals surface area contributed by atoms with Gasteiger partial charge in [0.15, 0.2) is 0 Å². The molecular formula is C35H39FN4O3S. The Bertz CT molecular complexity index is 1700. The van der Waals surface area contributed by atoms with Gasteiger partial charge >= 0.3 is 0 Å². The van der Waals surface area contributed by atoms with E-state index in [-0.39, 0.29) is 28.6 Å². The molecule has 0 aromatic heterocycles. The van der Waals surface area contributed by atoms with Crippen LogP contribution in [0.15, 0.2) is 102 Å². The van der Waals surface area contributed by atoms with Crippen LogP contribution in [0.25, 0.3) is 10.8 Å². The Morgan fingerprint density at radius 3 is 2.14 bits per heavy atom. The molecule has 0 aliphatic carbocycles. The van der Waals surface area contributed by atoms with Gasteiger partial charge in [0.1, 0.15) is 5.82 Å². The summed E-state index contributed by atoms with van der Waals surface area (Å²) in [5, 5.41) is 1.79. The molecule has 1 unspecified atom stereocenters. The number of carbonyl (C=O) groups is 1. The van der Waals surface area contributed by atoms with Crippen molar-refractivity contribution < 1.29 is 17.6 Å². The van der Waals surface area contributed by atoms with E-state index in [9.17, 15) is 17.6 Å². The molecule has 1 amide bonds. The van der Waals surface area contributed by atoms with Crippen molar-refractivity contribution in [1.82, 2.24) is 19.4 Å². The van der Waals surface area contributed by atoms with E-state index in [0.717, 1.165) is 60.9 Å². The Hall–Kier alpha value is -3.63. The minimum Gasteiger partial charge on any atom is -0.342 e. The Balaban J connectivity index is 1.20. The van der Waals surface area contributed by atoms with Crippen LogP contribution < -0.4 is 4.72 Å². The molecule has 4 aromatic carbocycles. The van der Waals surface area contributed by atoms with Gasteiger partial charge in [0.05, 0.1) is 10.9 Å². The first-order valence-electron chi connectivity index (χ1n) is 15.3. The zero-order valence-electron chi connectivity index (χ0n) is 25.0. The van der Waals surface area contributed by atoms with Crippen LogP contribution in [0.1, 0.15) is 36.4 Å². The van der Waals surface area contributed by atoms with Crippen molar-refractivity contribution >= 4 is 26.7 Å². The van der Waals surface area contributed by atoms with Gasteiger partial charge in [-0.05, 0) is 66.1 Å². The van der Waals surface area contributed by atoms with Crippen molar-refractivity contribution in [3.63, 3.8) is 0 Å². The molecule has 9 heteroatoms. The van der Waals surface area contributed by atoms with Crippen molar-refractivity contribution in [2.24, 2.45) is 0 Å². The quantitative estimate of drug-likeness (QED) is 0.297. The van der Waals surface area contributed by atoms with Crippen LogP contribution in [0.5, 0.6) is 0 Å². The Labute approximate surface area is 259 Å². The highest BCUT2D eigenvalue weighted by atomic mass is 32.2. The Morgan fingerprint density at radius 2 is 1.45 bits per heavy atom. The normalized spacial score (nSPS) is 18.7. The van der Waals surface area contributed by atoms with Crippen molar-refractivity contribution in [1.29, 1.82) is 0 Å². The lowest BCUT2D eigenvalue weighted by Gasteiger charge is -2.51. The number of hydrogen-bond acceptors (Lipinski definition) is 5. The average molecular weight is 615 g/mol. The third-order valence-corrected chi connectivity index (χ3v) is 10.8. The lowest BCUT2D eigenvalue weighted by atomic mass is 9.78. The number of halogens is 1. The predicted octanol–water partition coefficient (Wildman–Crippen LogP) is 5.15. The van der Waals surface area contributed by atoms with Crippen molar-refractivity contribution in [2.45, 2.75) is 35.7 Å². The zero-order valence-corrected chi connectivity index (χ0v) is 25.8. The summed E-state index contributed by atoms with van der Waals surface area (Å²) < 4.78 is 43.9. The van der Waals surface area contributed by atoms with Gasteiger partial charge in [-0.2, -0.15) is 0 Å². The van der Waals surface area contributed by atoms with Gasteiger partial charge < -0.3 is 9.80 Å². The fraction of sp³-hybridized carbons (Fsp3) is 0.343. The maximum atomic E-state index is 13.9. The molecule has 0 saturated carbocycles. The number of hydrogen-bond donors (Lipinski definition) is 1. The number of rotatable bonds is 8. The highest BCUT2D eigenvalue weighted by Crippen LogP contribution is 2.40. The Kier molecular flexibility index (Phi) is 8.82. The summed E-state index contributed by atoms with van der Waals surface area (Å²) in [4.78, 5) is 20.7. The van der Waals surface area contributed by atoms with Crippen LogP contribution in [0.2, 0.25) is 0 Å². The SMILES string of the molecule is CN1CCN(C2(c3ccc(F)cc3)CCN(C(=O)CC(NS(=O)(=O)c3ccc4ccccc4c3)c3ccccc3)CC2)CC1. The molecule has 1 N–H and O–H groups in total. The van der Waals surface area contributed by atoms with Gasteiger partial charge in [0, 0.05) is 51.2 Å². The van der Waals surface area contributed by atoms with Gasteiger partial charge in [-0.15, -0.1) is 0 Å². The molecular weight excluding hydrogens is 575 g/mol. The fourth-order valence-electron chi connectivity index (χ4n) is 6.71. The van der Waals surface area contributed by atoms with E-state index in [1.165, 1.54) is 12.1 Å². The van der Waals surface area contributed by atoms with E-state index in [0.29, 0.717) is 13.1 Å². The maximum Gasteiger partial charge on any atom is 0.241 e. The van der Waals surface area contributed by atoms with Crippen molar-refractivity contribution in [2.75, 3.05) is 46.3 Å². The monoisotopic (exact) mass is 614 g/mol. The lowest BCUT2D eigenvalue weighted by molar-refractivity contribution is -0.135. The van der Waals surface area contributed by atoms with Crippen molar-refractivity contribution in [3.05, 3.63) is 114 Å². The summed E-state index contributed by atoms with van der Waals surface area (Å²) in [5.41, 5.74) is 1.54. The summed E-state index contributed by atoms with van der Waals surface area (Å²) in [7, 11) is -1.79. The number of nitrogens with zero attached hydrogens (tertiary/aromatic N) is 3. The number of likely N-dealkylation sites (tertiary alicyclic amines) is 1. The highest BCUT2D eigenvalue weighted by molar-refractivity contribution is 7.89. The largest absolute Gasteiger partial charge is 0.342 e. The minimum absolute atomic E-state index is 0.00881. The van der Waals surface area contributed by atoms with Crippen LogP contribution in [0.4, 0.5) is 4.39 Å². The topological polar surface area (TPSA) is 73.0 Å². The van der Waals surface area contributed by atoms with Gasteiger partial charge in [0.25, 0.3) is 0 Å². The molecule has 6 rings (SSSR count). The summed E-state index contributed by atoms with van der Waals surface area (Å²) in [5.74, 6) is -0.348. The van der Waals surface area contributed by atoms with E-state index in [4.69, 9.17) is 0 Å². The first-order chi connectivity index (χ1) is 21.2. The number of likely N-dealkylation sites (N-methyl/N-ethyl adjacent to an activating group) is 1. The zero-order chi connectivity index (χ0) is 30.7. The van der Waals surface area contributed by atoms with Crippen LogP contribution in [-0.2, 0) is 20.4 Å².